The maximum atomic E-state index is 9.03. The van der Waals surface area contributed by atoms with Crippen LogP contribution in [0.1, 0.15) is 37.8 Å². The Morgan fingerprint density at radius 3 is 2.67 bits per heavy atom. The summed E-state index contributed by atoms with van der Waals surface area (Å²) in [6, 6.07) is 4.44. The molecule has 0 bridgehead atoms. The summed E-state index contributed by atoms with van der Waals surface area (Å²) in [5.74, 6) is 0.714. The van der Waals surface area contributed by atoms with Crippen LogP contribution in [0.4, 0.5) is 5.82 Å². The molecular weight excluding hydrogens is 186 g/mol. The van der Waals surface area contributed by atoms with Gasteiger partial charge in [-0.2, -0.15) is 5.26 Å². The first-order chi connectivity index (χ1) is 7.22. The van der Waals surface area contributed by atoms with Crippen LogP contribution in [0, 0.1) is 18.3 Å². The predicted octanol–water partition coefficient (Wildman–Crippen LogP) is 2.86. The van der Waals surface area contributed by atoms with Gasteiger partial charge in [0.15, 0.2) is 0 Å². The van der Waals surface area contributed by atoms with Gasteiger partial charge in [0.25, 0.3) is 0 Å². The van der Waals surface area contributed by atoms with Crippen LogP contribution in [-0.4, -0.2) is 11.0 Å². The first kappa shape index (κ1) is 11.5. The summed E-state index contributed by atoms with van der Waals surface area (Å²) in [7, 11) is 0. The molecule has 1 heterocycles. The van der Waals surface area contributed by atoms with Crippen molar-refractivity contribution in [2.45, 2.75) is 39.7 Å². The number of hydrogen-bond donors (Lipinski definition) is 1. The van der Waals surface area contributed by atoms with E-state index in [-0.39, 0.29) is 0 Å². The molecule has 80 valence electrons. The molecule has 0 aromatic carbocycles. The molecule has 15 heavy (non-hydrogen) atoms. The Bertz CT molecular complexity index is 362. The lowest BCUT2D eigenvalue weighted by molar-refractivity contribution is 0.668. The van der Waals surface area contributed by atoms with Crippen molar-refractivity contribution in [3.05, 3.63) is 23.4 Å². The smallest absolute Gasteiger partial charge is 0.144 e. The summed E-state index contributed by atoms with van der Waals surface area (Å²) >= 11 is 0. The second kappa shape index (κ2) is 5.35. The van der Waals surface area contributed by atoms with E-state index < -0.39 is 0 Å². The summed E-state index contributed by atoms with van der Waals surface area (Å²) < 4.78 is 0. The van der Waals surface area contributed by atoms with Gasteiger partial charge in [0.2, 0.25) is 0 Å². The molecule has 0 unspecified atom stereocenters. The van der Waals surface area contributed by atoms with Crippen molar-refractivity contribution in [1.29, 1.82) is 5.26 Å². The van der Waals surface area contributed by atoms with Crippen LogP contribution < -0.4 is 5.32 Å². The third-order valence-electron chi connectivity index (χ3n) is 2.60. The lowest BCUT2D eigenvalue weighted by Crippen LogP contribution is -2.18. The topological polar surface area (TPSA) is 48.7 Å². The molecule has 0 aliphatic carbocycles. The molecule has 1 rings (SSSR count). The Kier molecular flexibility index (Phi) is 4.11. The molecule has 1 aromatic rings. The number of anilines is 1. The normalized spacial score (nSPS) is 10.1. The van der Waals surface area contributed by atoms with E-state index in [9.17, 15) is 0 Å². The van der Waals surface area contributed by atoms with Gasteiger partial charge in [-0.1, -0.05) is 13.8 Å². The fraction of sp³-hybridized carbons (Fsp3) is 0.500. The van der Waals surface area contributed by atoms with Gasteiger partial charge in [-0.15, -0.1) is 0 Å². The number of nitrogens with zero attached hydrogens (tertiary/aromatic N) is 2. The van der Waals surface area contributed by atoms with Gasteiger partial charge in [0.1, 0.15) is 11.9 Å². The van der Waals surface area contributed by atoms with E-state index in [1.165, 1.54) is 0 Å². The highest BCUT2D eigenvalue weighted by atomic mass is 15.0. The average molecular weight is 203 g/mol. The number of nitriles is 1. The molecule has 0 saturated carbocycles. The van der Waals surface area contributed by atoms with Crippen molar-refractivity contribution in [2.24, 2.45) is 0 Å². The highest BCUT2D eigenvalue weighted by Gasteiger charge is 2.09. The van der Waals surface area contributed by atoms with Crippen molar-refractivity contribution in [1.82, 2.24) is 4.98 Å². The summed E-state index contributed by atoms with van der Waals surface area (Å²) in [6.07, 6.45) is 3.81. The molecule has 3 heteroatoms. The maximum absolute atomic E-state index is 9.03. The van der Waals surface area contributed by atoms with Gasteiger partial charge in [0.05, 0.1) is 5.56 Å². The number of aryl methyl sites for hydroxylation is 1. The Balaban J connectivity index is 2.95. The molecular formula is C12H17N3. The standard InChI is InChI=1S/C12H17N3/c1-4-10(5-2)15-12-11(8-13)9(3)6-7-14-12/h6-7,10H,4-5H2,1-3H3,(H,14,15). The maximum Gasteiger partial charge on any atom is 0.144 e. The van der Waals surface area contributed by atoms with Crippen LogP contribution in [0.3, 0.4) is 0 Å². The average Bonchev–Trinajstić information content (AvgIpc) is 2.26. The zero-order valence-electron chi connectivity index (χ0n) is 9.54. The highest BCUT2D eigenvalue weighted by molar-refractivity contribution is 5.55. The lowest BCUT2D eigenvalue weighted by atomic mass is 10.1. The van der Waals surface area contributed by atoms with Gasteiger partial charge in [-0.05, 0) is 31.4 Å². The molecule has 1 aromatic heterocycles. The van der Waals surface area contributed by atoms with E-state index in [0.717, 1.165) is 18.4 Å². The van der Waals surface area contributed by atoms with Crippen LogP contribution in [0.15, 0.2) is 12.3 Å². The summed E-state index contributed by atoms with van der Waals surface area (Å²) in [6.45, 7) is 6.18. The van der Waals surface area contributed by atoms with Crippen LogP contribution in [0.2, 0.25) is 0 Å². The highest BCUT2D eigenvalue weighted by Crippen LogP contribution is 2.17. The van der Waals surface area contributed by atoms with E-state index in [1.54, 1.807) is 6.20 Å². The second-order valence-electron chi connectivity index (χ2n) is 3.62. The molecule has 3 nitrogen and oxygen atoms in total. The number of nitrogens with one attached hydrogen (secondary N) is 1. The van der Waals surface area contributed by atoms with Crippen LogP contribution in [0.5, 0.6) is 0 Å². The zero-order valence-corrected chi connectivity index (χ0v) is 9.54. The Hall–Kier alpha value is -1.56. The van der Waals surface area contributed by atoms with E-state index in [0.29, 0.717) is 17.4 Å². The van der Waals surface area contributed by atoms with Gasteiger partial charge in [-0.3, -0.25) is 0 Å². The fourth-order valence-electron chi connectivity index (χ4n) is 1.49. The van der Waals surface area contributed by atoms with Crippen LogP contribution in [0.25, 0.3) is 0 Å². The monoisotopic (exact) mass is 203 g/mol. The first-order valence-corrected chi connectivity index (χ1v) is 5.35. The molecule has 0 spiro atoms. The quantitative estimate of drug-likeness (QED) is 0.818. The molecule has 0 atom stereocenters. The largest absolute Gasteiger partial charge is 0.366 e. The number of rotatable bonds is 4. The van der Waals surface area contributed by atoms with Crippen LogP contribution >= 0.6 is 0 Å². The van der Waals surface area contributed by atoms with Crippen molar-refractivity contribution in [3.8, 4) is 6.07 Å². The minimum atomic E-state index is 0.395. The van der Waals surface area contributed by atoms with E-state index >= 15 is 0 Å². The van der Waals surface area contributed by atoms with Gasteiger partial charge >= 0.3 is 0 Å². The molecule has 1 N–H and O–H groups in total. The minimum absolute atomic E-state index is 0.395. The first-order valence-electron chi connectivity index (χ1n) is 5.35. The third-order valence-corrected chi connectivity index (χ3v) is 2.60. The van der Waals surface area contributed by atoms with E-state index in [4.69, 9.17) is 5.26 Å². The van der Waals surface area contributed by atoms with E-state index in [1.807, 2.05) is 13.0 Å². The van der Waals surface area contributed by atoms with Gasteiger partial charge in [0, 0.05) is 12.2 Å². The molecule has 0 aliphatic heterocycles. The summed E-state index contributed by atoms with van der Waals surface area (Å²) in [4.78, 5) is 4.21. The molecule has 0 aliphatic rings. The number of aromatic nitrogens is 1. The SMILES string of the molecule is CCC(CC)Nc1nccc(C)c1C#N. The second-order valence-corrected chi connectivity index (χ2v) is 3.62. The van der Waals surface area contributed by atoms with Gasteiger partial charge < -0.3 is 5.32 Å². The molecule has 0 radical (unpaired) electrons. The molecule has 0 saturated heterocycles. The third kappa shape index (κ3) is 2.69. The van der Waals surface area contributed by atoms with Crippen molar-refractivity contribution < 1.29 is 0 Å². The van der Waals surface area contributed by atoms with Gasteiger partial charge in [-0.25, -0.2) is 4.98 Å². The Morgan fingerprint density at radius 1 is 1.47 bits per heavy atom. The number of hydrogen-bond acceptors (Lipinski definition) is 3. The minimum Gasteiger partial charge on any atom is -0.366 e. The Labute approximate surface area is 91.1 Å². The number of pyridine rings is 1. The summed E-state index contributed by atoms with van der Waals surface area (Å²) in [5, 5.41) is 12.3. The van der Waals surface area contributed by atoms with E-state index in [2.05, 4.69) is 30.2 Å². The van der Waals surface area contributed by atoms with Crippen LogP contribution in [-0.2, 0) is 0 Å². The molecule has 0 amide bonds. The predicted molar refractivity (Wildman–Crippen MR) is 61.7 cm³/mol. The lowest BCUT2D eigenvalue weighted by Gasteiger charge is -2.16. The molecule has 0 fully saturated rings. The summed E-state index contributed by atoms with van der Waals surface area (Å²) in [5.41, 5.74) is 1.63. The Morgan fingerprint density at radius 2 is 2.13 bits per heavy atom. The van der Waals surface area contributed by atoms with Crippen molar-refractivity contribution >= 4 is 5.82 Å². The van der Waals surface area contributed by atoms with Crippen molar-refractivity contribution in [3.63, 3.8) is 0 Å². The van der Waals surface area contributed by atoms with Crippen molar-refractivity contribution in [2.75, 3.05) is 5.32 Å². The zero-order chi connectivity index (χ0) is 11.3. The fourth-order valence-corrected chi connectivity index (χ4v) is 1.49.